The number of alkyl halides is 1. The lowest BCUT2D eigenvalue weighted by Gasteiger charge is -2.26. The molecule has 0 N–H and O–H groups in total. The van der Waals surface area contributed by atoms with Gasteiger partial charge in [0.2, 0.25) is 0 Å². The molecule has 0 amide bonds. The normalized spacial score (nSPS) is 19.7. The molecule has 0 aliphatic carbocycles. The first-order valence-electron chi connectivity index (χ1n) is 6.62. The Morgan fingerprint density at radius 2 is 2.06 bits per heavy atom. The maximum absolute atomic E-state index is 14.0. The van der Waals surface area contributed by atoms with Crippen molar-refractivity contribution in [3.05, 3.63) is 29.6 Å². The van der Waals surface area contributed by atoms with E-state index in [0.717, 1.165) is 31.5 Å². The third-order valence-electron chi connectivity index (χ3n) is 3.87. The SMILES string of the molecule is CC1(C)CCCN(c2c(F)cccc2CCl)CC1. The maximum Gasteiger partial charge on any atom is 0.146 e. The van der Waals surface area contributed by atoms with Gasteiger partial charge in [0.1, 0.15) is 5.82 Å². The molecule has 3 heteroatoms. The summed E-state index contributed by atoms with van der Waals surface area (Å²) < 4.78 is 14.0. The molecule has 1 nitrogen and oxygen atoms in total. The Labute approximate surface area is 114 Å². The topological polar surface area (TPSA) is 3.24 Å². The summed E-state index contributed by atoms with van der Waals surface area (Å²) in [6.45, 7) is 6.42. The lowest BCUT2D eigenvalue weighted by molar-refractivity contribution is 0.325. The Morgan fingerprint density at radius 3 is 2.78 bits per heavy atom. The molecular formula is C15H21ClFN. The molecule has 0 aromatic heterocycles. The molecule has 0 saturated carbocycles. The summed E-state index contributed by atoms with van der Waals surface area (Å²) >= 11 is 5.93. The molecule has 18 heavy (non-hydrogen) atoms. The Balaban J connectivity index is 2.26. The van der Waals surface area contributed by atoms with Crippen LogP contribution < -0.4 is 4.90 Å². The van der Waals surface area contributed by atoms with Crippen LogP contribution >= 0.6 is 11.6 Å². The molecule has 0 bridgehead atoms. The summed E-state index contributed by atoms with van der Waals surface area (Å²) in [5.74, 6) is 0.223. The van der Waals surface area contributed by atoms with Crippen molar-refractivity contribution >= 4 is 17.3 Å². The second-order valence-electron chi connectivity index (χ2n) is 5.89. The summed E-state index contributed by atoms with van der Waals surface area (Å²) in [5, 5.41) is 0. The lowest BCUT2D eigenvalue weighted by Crippen LogP contribution is -2.27. The van der Waals surface area contributed by atoms with Crippen LogP contribution in [0, 0.1) is 11.2 Å². The largest absolute Gasteiger partial charge is 0.369 e. The van der Waals surface area contributed by atoms with Gasteiger partial charge in [-0.1, -0.05) is 26.0 Å². The Kier molecular flexibility index (Phi) is 4.16. The third kappa shape index (κ3) is 2.97. The van der Waals surface area contributed by atoms with E-state index in [-0.39, 0.29) is 5.82 Å². The molecule has 0 radical (unpaired) electrons. The number of anilines is 1. The van der Waals surface area contributed by atoms with Crippen molar-refractivity contribution in [3.8, 4) is 0 Å². The molecule has 1 aromatic carbocycles. The minimum Gasteiger partial charge on any atom is -0.369 e. The first kappa shape index (κ1) is 13.7. The Morgan fingerprint density at radius 1 is 1.28 bits per heavy atom. The molecule has 2 rings (SSSR count). The van der Waals surface area contributed by atoms with Crippen molar-refractivity contribution in [1.82, 2.24) is 0 Å². The van der Waals surface area contributed by atoms with Crippen LogP contribution in [0.5, 0.6) is 0 Å². The molecule has 0 unspecified atom stereocenters. The lowest BCUT2D eigenvalue weighted by atomic mass is 9.85. The van der Waals surface area contributed by atoms with Crippen LogP contribution in [0.1, 0.15) is 38.7 Å². The molecule has 1 aromatic rings. The molecule has 1 aliphatic rings. The van der Waals surface area contributed by atoms with Crippen molar-refractivity contribution in [1.29, 1.82) is 0 Å². The minimum atomic E-state index is -0.146. The van der Waals surface area contributed by atoms with Gasteiger partial charge in [0.25, 0.3) is 0 Å². The summed E-state index contributed by atoms with van der Waals surface area (Å²) in [4.78, 5) is 2.17. The van der Waals surface area contributed by atoms with E-state index in [4.69, 9.17) is 11.6 Å². The van der Waals surface area contributed by atoms with Crippen LogP contribution in [0.15, 0.2) is 18.2 Å². The van der Waals surface area contributed by atoms with Crippen molar-refractivity contribution in [2.45, 2.75) is 39.0 Å². The van der Waals surface area contributed by atoms with Crippen LogP contribution in [0.4, 0.5) is 10.1 Å². The highest BCUT2D eigenvalue weighted by Gasteiger charge is 2.25. The molecule has 1 aliphatic heterocycles. The van der Waals surface area contributed by atoms with E-state index in [1.165, 1.54) is 12.5 Å². The number of hydrogen-bond acceptors (Lipinski definition) is 1. The first-order valence-corrected chi connectivity index (χ1v) is 7.15. The van der Waals surface area contributed by atoms with Crippen molar-refractivity contribution in [2.75, 3.05) is 18.0 Å². The average molecular weight is 270 g/mol. The van der Waals surface area contributed by atoms with E-state index in [2.05, 4.69) is 18.7 Å². The quantitative estimate of drug-likeness (QED) is 0.711. The molecular weight excluding hydrogens is 249 g/mol. The van der Waals surface area contributed by atoms with Crippen LogP contribution in [0.3, 0.4) is 0 Å². The molecule has 0 spiro atoms. The molecule has 0 atom stereocenters. The van der Waals surface area contributed by atoms with Gasteiger partial charge < -0.3 is 4.90 Å². The fraction of sp³-hybridized carbons (Fsp3) is 0.600. The fourth-order valence-corrected chi connectivity index (χ4v) is 2.88. The molecule has 1 fully saturated rings. The van der Waals surface area contributed by atoms with Crippen molar-refractivity contribution < 1.29 is 4.39 Å². The predicted molar refractivity (Wildman–Crippen MR) is 75.8 cm³/mol. The van der Waals surface area contributed by atoms with Gasteiger partial charge in [-0.25, -0.2) is 4.39 Å². The molecule has 1 saturated heterocycles. The average Bonchev–Trinajstić information content (AvgIpc) is 2.50. The van der Waals surface area contributed by atoms with E-state index in [9.17, 15) is 4.39 Å². The second-order valence-corrected chi connectivity index (χ2v) is 6.15. The maximum atomic E-state index is 14.0. The number of rotatable bonds is 2. The van der Waals surface area contributed by atoms with Crippen LogP contribution in [0.25, 0.3) is 0 Å². The standard InChI is InChI=1S/C15H21ClFN/c1-15(2)7-4-9-18(10-8-15)14-12(11-16)5-3-6-13(14)17/h3,5-6H,4,7-11H2,1-2H3. The summed E-state index contributed by atoms with van der Waals surface area (Å²) in [6.07, 6.45) is 3.42. The van der Waals surface area contributed by atoms with Gasteiger partial charge in [-0.05, 0) is 36.3 Å². The zero-order valence-electron chi connectivity index (χ0n) is 11.2. The van der Waals surface area contributed by atoms with Crippen LogP contribution in [0.2, 0.25) is 0 Å². The van der Waals surface area contributed by atoms with Gasteiger partial charge in [-0.2, -0.15) is 0 Å². The third-order valence-corrected chi connectivity index (χ3v) is 4.16. The second kappa shape index (κ2) is 5.48. The van der Waals surface area contributed by atoms with Crippen LogP contribution in [-0.4, -0.2) is 13.1 Å². The van der Waals surface area contributed by atoms with E-state index >= 15 is 0 Å². The van der Waals surface area contributed by atoms with Gasteiger partial charge in [0, 0.05) is 19.0 Å². The van der Waals surface area contributed by atoms with Gasteiger partial charge in [-0.3, -0.25) is 0 Å². The smallest absolute Gasteiger partial charge is 0.146 e. The molecule has 100 valence electrons. The zero-order chi connectivity index (χ0) is 13.2. The van der Waals surface area contributed by atoms with E-state index in [1.54, 1.807) is 6.07 Å². The highest BCUT2D eigenvalue weighted by atomic mass is 35.5. The first-order chi connectivity index (χ1) is 8.53. The zero-order valence-corrected chi connectivity index (χ0v) is 11.9. The number of nitrogens with zero attached hydrogens (tertiary/aromatic N) is 1. The van der Waals surface area contributed by atoms with Gasteiger partial charge in [-0.15, -0.1) is 11.6 Å². The Hall–Kier alpha value is -0.760. The van der Waals surface area contributed by atoms with Crippen molar-refractivity contribution in [2.24, 2.45) is 5.41 Å². The van der Waals surface area contributed by atoms with Gasteiger partial charge >= 0.3 is 0 Å². The summed E-state index contributed by atoms with van der Waals surface area (Å²) in [7, 11) is 0. The monoisotopic (exact) mass is 269 g/mol. The fourth-order valence-electron chi connectivity index (χ4n) is 2.67. The summed E-state index contributed by atoms with van der Waals surface area (Å²) in [6, 6.07) is 5.18. The number of hydrogen-bond donors (Lipinski definition) is 0. The van der Waals surface area contributed by atoms with Gasteiger partial charge in [0.15, 0.2) is 0 Å². The van der Waals surface area contributed by atoms with E-state index < -0.39 is 0 Å². The predicted octanol–water partition coefficient (Wildman–Crippen LogP) is 4.58. The van der Waals surface area contributed by atoms with E-state index in [0.29, 0.717) is 17.0 Å². The number of para-hydroxylation sites is 1. The minimum absolute atomic E-state index is 0.146. The summed E-state index contributed by atoms with van der Waals surface area (Å²) in [5.41, 5.74) is 1.97. The molecule has 1 heterocycles. The van der Waals surface area contributed by atoms with E-state index in [1.807, 2.05) is 6.07 Å². The number of benzene rings is 1. The van der Waals surface area contributed by atoms with Crippen molar-refractivity contribution in [3.63, 3.8) is 0 Å². The highest BCUT2D eigenvalue weighted by molar-refractivity contribution is 6.17. The van der Waals surface area contributed by atoms with Crippen LogP contribution in [-0.2, 0) is 5.88 Å². The highest BCUT2D eigenvalue weighted by Crippen LogP contribution is 2.34. The van der Waals surface area contributed by atoms with Gasteiger partial charge in [0.05, 0.1) is 5.69 Å². The number of halogens is 2. The Bertz CT molecular complexity index is 417.